The van der Waals surface area contributed by atoms with Crippen molar-refractivity contribution in [3.8, 4) is 22.8 Å². The summed E-state index contributed by atoms with van der Waals surface area (Å²) in [4.78, 5) is 16.6. The van der Waals surface area contributed by atoms with Crippen LogP contribution in [0, 0.1) is 5.82 Å². The maximum Gasteiger partial charge on any atom is 0.234 e. The van der Waals surface area contributed by atoms with E-state index in [0.29, 0.717) is 34.7 Å². The van der Waals surface area contributed by atoms with Crippen molar-refractivity contribution in [1.82, 2.24) is 19.7 Å². The highest BCUT2D eigenvalue weighted by Gasteiger charge is 2.18. The molecule has 9 heteroatoms. The number of pyridine rings is 1. The van der Waals surface area contributed by atoms with Crippen LogP contribution in [0.3, 0.4) is 0 Å². The van der Waals surface area contributed by atoms with Gasteiger partial charge in [-0.1, -0.05) is 23.9 Å². The number of hydrogen-bond acceptors (Lipinski definition) is 6. The number of carbonyl (C=O) groups is 1. The summed E-state index contributed by atoms with van der Waals surface area (Å²) in [5, 5.41) is 12.0. The molecule has 2 aromatic heterocycles. The van der Waals surface area contributed by atoms with Crippen molar-refractivity contribution in [3.63, 3.8) is 0 Å². The van der Waals surface area contributed by atoms with Crippen molar-refractivity contribution in [1.29, 1.82) is 0 Å². The lowest BCUT2D eigenvalue weighted by Crippen LogP contribution is -2.15. The predicted octanol–water partition coefficient (Wildman–Crippen LogP) is 4.60. The van der Waals surface area contributed by atoms with Crippen molar-refractivity contribution in [2.75, 3.05) is 17.7 Å². The number of para-hydroxylation sites is 2. The molecule has 0 radical (unpaired) electrons. The monoisotopic (exact) mass is 449 g/mol. The zero-order chi connectivity index (χ0) is 22.3. The van der Waals surface area contributed by atoms with Crippen molar-refractivity contribution >= 4 is 23.4 Å². The second-order valence-corrected chi connectivity index (χ2v) is 7.56. The summed E-state index contributed by atoms with van der Waals surface area (Å²) in [5.74, 6) is 0.748. The zero-order valence-corrected chi connectivity index (χ0v) is 18.1. The summed E-state index contributed by atoms with van der Waals surface area (Å²) in [6.07, 6.45) is 3.32. The first-order chi connectivity index (χ1) is 15.7. The smallest absolute Gasteiger partial charge is 0.234 e. The molecule has 0 aliphatic rings. The Morgan fingerprint density at radius 1 is 1.06 bits per heavy atom. The average molecular weight is 450 g/mol. The maximum atomic E-state index is 13.5. The van der Waals surface area contributed by atoms with Gasteiger partial charge in [0, 0.05) is 23.6 Å². The molecular formula is C23H20FN5O2S. The van der Waals surface area contributed by atoms with Crippen LogP contribution >= 0.6 is 11.8 Å². The Morgan fingerprint density at radius 3 is 2.56 bits per heavy atom. The minimum atomic E-state index is -0.339. The third-order valence-corrected chi connectivity index (χ3v) is 5.38. The molecule has 0 fully saturated rings. The minimum Gasteiger partial charge on any atom is -0.492 e. The highest BCUT2D eigenvalue weighted by Crippen LogP contribution is 2.29. The van der Waals surface area contributed by atoms with Gasteiger partial charge in [0.05, 0.1) is 18.0 Å². The Kier molecular flexibility index (Phi) is 6.76. The SMILES string of the molecule is CCOc1ccccc1NC(=O)CSc1nnc(-c2ccncc2)n1-c1ccc(F)cc1. The number of anilines is 1. The molecular weight excluding hydrogens is 429 g/mol. The number of amides is 1. The lowest BCUT2D eigenvalue weighted by Gasteiger charge is -2.12. The molecule has 2 heterocycles. The summed E-state index contributed by atoms with van der Waals surface area (Å²) in [5.41, 5.74) is 2.10. The van der Waals surface area contributed by atoms with Crippen LogP contribution in [0.15, 0.2) is 78.2 Å². The summed E-state index contributed by atoms with van der Waals surface area (Å²) < 4.78 is 20.8. The van der Waals surface area contributed by atoms with E-state index in [1.165, 1.54) is 23.9 Å². The van der Waals surface area contributed by atoms with Gasteiger partial charge in [0.25, 0.3) is 0 Å². The summed E-state index contributed by atoms with van der Waals surface area (Å²) in [7, 11) is 0. The third-order valence-electron chi connectivity index (χ3n) is 4.45. The molecule has 32 heavy (non-hydrogen) atoms. The van der Waals surface area contributed by atoms with Gasteiger partial charge in [0.1, 0.15) is 11.6 Å². The van der Waals surface area contributed by atoms with Gasteiger partial charge in [-0.2, -0.15) is 0 Å². The number of hydrogen-bond donors (Lipinski definition) is 1. The lowest BCUT2D eigenvalue weighted by atomic mass is 10.2. The van der Waals surface area contributed by atoms with Gasteiger partial charge >= 0.3 is 0 Å². The molecule has 2 aromatic carbocycles. The molecule has 0 aliphatic carbocycles. The number of nitrogens with one attached hydrogen (secondary N) is 1. The van der Waals surface area contributed by atoms with Crippen LogP contribution < -0.4 is 10.1 Å². The van der Waals surface area contributed by atoms with E-state index < -0.39 is 0 Å². The van der Waals surface area contributed by atoms with E-state index in [0.717, 1.165) is 5.56 Å². The van der Waals surface area contributed by atoms with Crippen LogP contribution in [0.2, 0.25) is 0 Å². The second kappa shape index (κ2) is 10.1. The predicted molar refractivity (Wildman–Crippen MR) is 122 cm³/mol. The van der Waals surface area contributed by atoms with E-state index in [9.17, 15) is 9.18 Å². The number of benzene rings is 2. The molecule has 0 atom stereocenters. The van der Waals surface area contributed by atoms with Crippen LogP contribution in [0.5, 0.6) is 5.75 Å². The lowest BCUT2D eigenvalue weighted by molar-refractivity contribution is -0.113. The standard InChI is InChI=1S/C23H20FN5O2S/c1-2-31-20-6-4-3-5-19(20)26-21(30)15-32-23-28-27-22(16-11-13-25-14-12-16)29(23)18-9-7-17(24)8-10-18/h3-14H,2,15H2,1H3,(H,26,30). The van der Waals surface area contributed by atoms with Gasteiger partial charge in [-0.05, 0) is 55.5 Å². The van der Waals surface area contributed by atoms with Gasteiger partial charge in [0.15, 0.2) is 11.0 Å². The number of carbonyl (C=O) groups excluding carboxylic acids is 1. The molecule has 7 nitrogen and oxygen atoms in total. The van der Waals surface area contributed by atoms with E-state index in [4.69, 9.17) is 4.74 Å². The number of thioether (sulfide) groups is 1. The first-order valence-electron chi connectivity index (χ1n) is 9.92. The Balaban J connectivity index is 1.57. The maximum absolute atomic E-state index is 13.5. The molecule has 1 N–H and O–H groups in total. The molecule has 162 valence electrons. The first-order valence-corrected chi connectivity index (χ1v) is 10.9. The van der Waals surface area contributed by atoms with Crippen molar-refractivity contribution in [2.24, 2.45) is 0 Å². The zero-order valence-electron chi connectivity index (χ0n) is 17.2. The second-order valence-electron chi connectivity index (χ2n) is 6.62. The fraction of sp³-hybridized carbons (Fsp3) is 0.130. The first kappa shape index (κ1) is 21.5. The summed E-state index contributed by atoms with van der Waals surface area (Å²) >= 11 is 1.24. The Labute approximate surface area is 188 Å². The summed E-state index contributed by atoms with van der Waals surface area (Å²) in [6.45, 7) is 2.39. The van der Waals surface area contributed by atoms with E-state index in [2.05, 4.69) is 20.5 Å². The van der Waals surface area contributed by atoms with Crippen LogP contribution in [-0.4, -0.2) is 38.0 Å². The number of aromatic nitrogens is 4. The van der Waals surface area contributed by atoms with Crippen LogP contribution in [-0.2, 0) is 4.79 Å². The van der Waals surface area contributed by atoms with Gasteiger partial charge in [0.2, 0.25) is 5.91 Å². The Bertz CT molecular complexity index is 1200. The van der Waals surface area contributed by atoms with E-state index >= 15 is 0 Å². The minimum absolute atomic E-state index is 0.107. The Morgan fingerprint density at radius 2 is 1.81 bits per heavy atom. The average Bonchev–Trinajstić information content (AvgIpc) is 3.24. The molecule has 0 spiro atoms. The third kappa shape index (κ3) is 4.94. The molecule has 0 saturated carbocycles. The fourth-order valence-electron chi connectivity index (χ4n) is 3.04. The quantitative estimate of drug-likeness (QED) is 0.396. The number of rotatable bonds is 8. The highest BCUT2D eigenvalue weighted by atomic mass is 32.2. The molecule has 0 aliphatic heterocycles. The van der Waals surface area contributed by atoms with Crippen LogP contribution in [0.1, 0.15) is 6.92 Å². The number of halogens is 1. The van der Waals surface area contributed by atoms with Crippen molar-refractivity contribution in [2.45, 2.75) is 12.1 Å². The van der Waals surface area contributed by atoms with Gasteiger partial charge < -0.3 is 10.1 Å². The van der Waals surface area contributed by atoms with Gasteiger partial charge in [-0.25, -0.2) is 4.39 Å². The molecule has 0 unspecified atom stereocenters. The van der Waals surface area contributed by atoms with Crippen molar-refractivity contribution in [3.05, 3.63) is 78.9 Å². The van der Waals surface area contributed by atoms with Crippen LogP contribution in [0.4, 0.5) is 10.1 Å². The number of nitrogens with zero attached hydrogens (tertiary/aromatic N) is 4. The van der Waals surface area contributed by atoms with E-state index in [1.807, 2.05) is 31.2 Å². The normalized spacial score (nSPS) is 10.7. The molecule has 0 saturated heterocycles. The van der Waals surface area contributed by atoms with Crippen LogP contribution in [0.25, 0.3) is 17.1 Å². The highest BCUT2D eigenvalue weighted by molar-refractivity contribution is 7.99. The van der Waals surface area contributed by atoms with Gasteiger partial charge in [-0.3, -0.25) is 14.3 Å². The van der Waals surface area contributed by atoms with E-state index in [-0.39, 0.29) is 17.5 Å². The number of ether oxygens (including phenoxy) is 1. The van der Waals surface area contributed by atoms with Crippen molar-refractivity contribution < 1.29 is 13.9 Å². The summed E-state index contributed by atoms with van der Waals surface area (Å²) in [6, 6.07) is 16.9. The van der Waals surface area contributed by atoms with E-state index in [1.54, 1.807) is 41.2 Å². The van der Waals surface area contributed by atoms with Gasteiger partial charge in [-0.15, -0.1) is 10.2 Å². The molecule has 4 rings (SSSR count). The molecule has 0 bridgehead atoms. The molecule has 1 amide bonds. The largest absolute Gasteiger partial charge is 0.492 e. The fourth-order valence-corrected chi connectivity index (χ4v) is 3.79. The molecule has 4 aromatic rings. The topological polar surface area (TPSA) is 81.9 Å². The Hall–Kier alpha value is -3.72.